The van der Waals surface area contributed by atoms with E-state index in [9.17, 15) is 4.79 Å². The standard InChI is InChI=1S/C27H36N2O3/c1-4-28-27(30)19(2)20-8-10-21(11-9-20)22-14-16-29(17-15-22)25-13-12-24(18-26(25)31-3)32-23-6-5-7-23/h8-13,18-19,22-23H,4-7,14-17H2,1-3H3,(H,28,30). The summed E-state index contributed by atoms with van der Waals surface area (Å²) in [6, 6.07) is 14.9. The van der Waals surface area contributed by atoms with Crippen molar-refractivity contribution in [3.8, 4) is 11.5 Å². The molecular weight excluding hydrogens is 400 g/mol. The third kappa shape index (κ3) is 5.03. The van der Waals surface area contributed by atoms with E-state index in [0.29, 0.717) is 18.6 Å². The highest BCUT2D eigenvalue weighted by Gasteiger charge is 2.24. The van der Waals surface area contributed by atoms with Gasteiger partial charge in [-0.15, -0.1) is 0 Å². The molecule has 1 aliphatic heterocycles. The molecule has 4 rings (SSSR count). The first-order valence-corrected chi connectivity index (χ1v) is 12.1. The average Bonchev–Trinajstić information content (AvgIpc) is 2.81. The van der Waals surface area contributed by atoms with Crippen LogP contribution in [-0.4, -0.2) is 38.8 Å². The molecule has 172 valence electrons. The summed E-state index contributed by atoms with van der Waals surface area (Å²) in [6.45, 7) is 6.59. The van der Waals surface area contributed by atoms with Crippen LogP contribution < -0.4 is 19.7 Å². The Morgan fingerprint density at radius 3 is 2.41 bits per heavy atom. The molecule has 5 heteroatoms. The predicted molar refractivity (Wildman–Crippen MR) is 129 cm³/mol. The summed E-state index contributed by atoms with van der Waals surface area (Å²) in [5, 5.41) is 2.91. The van der Waals surface area contributed by atoms with Crippen LogP contribution in [0.2, 0.25) is 0 Å². The molecule has 1 aliphatic carbocycles. The maximum Gasteiger partial charge on any atom is 0.227 e. The van der Waals surface area contributed by atoms with Gasteiger partial charge >= 0.3 is 0 Å². The molecule has 0 bridgehead atoms. The summed E-state index contributed by atoms with van der Waals surface area (Å²) >= 11 is 0. The number of piperidine rings is 1. The number of carbonyl (C=O) groups is 1. The topological polar surface area (TPSA) is 50.8 Å². The van der Waals surface area contributed by atoms with Gasteiger partial charge in [-0.25, -0.2) is 0 Å². The highest BCUT2D eigenvalue weighted by Crippen LogP contribution is 2.38. The number of methoxy groups -OCH3 is 1. The number of ether oxygens (including phenoxy) is 2. The van der Waals surface area contributed by atoms with Crippen molar-refractivity contribution in [1.82, 2.24) is 5.32 Å². The molecule has 2 fully saturated rings. The summed E-state index contributed by atoms with van der Waals surface area (Å²) in [6.07, 6.45) is 6.16. The van der Waals surface area contributed by atoms with Gasteiger partial charge in [-0.05, 0) is 75.1 Å². The monoisotopic (exact) mass is 436 g/mol. The summed E-state index contributed by atoms with van der Waals surface area (Å²) < 4.78 is 11.7. The van der Waals surface area contributed by atoms with Gasteiger partial charge in [0.15, 0.2) is 0 Å². The van der Waals surface area contributed by atoms with Crippen LogP contribution in [0.1, 0.15) is 68.9 Å². The third-order valence-corrected chi connectivity index (χ3v) is 6.99. The van der Waals surface area contributed by atoms with E-state index in [1.54, 1.807) is 7.11 Å². The minimum atomic E-state index is -0.116. The van der Waals surface area contributed by atoms with Crippen LogP contribution in [0, 0.1) is 0 Å². The number of rotatable bonds is 8. The van der Waals surface area contributed by atoms with Crippen molar-refractivity contribution >= 4 is 11.6 Å². The molecule has 0 spiro atoms. The lowest BCUT2D eigenvalue weighted by Gasteiger charge is -2.35. The van der Waals surface area contributed by atoms with Crippen molar-refractivity contribution in [2.75, 3.05) is 31.6 Å². The SMILES string of the molecule is CCNC(=O)C(C)c1ccc(C2CCN(c3ccc(OC4CCC4)cc3OC)CC2)cc1. The first-order valence-electron chi connectivity index (χ1n) is 12.1. The quantitative estimate of drug-likeness (QED) is 0.614. The van der Waals surface area contributed by atoms with Gasteiger partial charge in [0.2, 0.25) is 5.91 Å². The minimum Gasteiger partial charge on any atom is -0.494 e. The van der Waals surface area contributed by atoms with Gasteiger partial charge < -0.3 is 19.7 Å². The molecule has 1 N–H and O–H groups in total. The minimum absolute atomic E-state index is 0.0895. The Bertz CT molecular complexity index is 900. The molecule has 2 aromatic carbocycles. The Hall–Kier alpha value is -2.69. The van der Waals surface area contributed by atoms with E-state index in [-0.39, 0.29) is 11.8 Å². The average molecular weight is 437 g/mol. The van der Waals surface area contributed by atoms with Gasteiger partial charge in [-0.2, -0.15) is 0 Å². The zero-order valence-corrected chi connectivity index (χ0v) is 19.6. The van der Waals surface area contributed by atoms with E-state index in [1.807, 2.05) is 19.9 Å². The van der Waals surface area contributed by atoms with E-state index >= 15 is 0 Å². The highest BCUT2D eigenvalue weighted by atomic mass is 16.5. The Morgan fingerprint density at radius 2 is 1.81 bits per heavy atom. The van der Waals surface area contributed by atoms with Crippen molar-refractivity contribution < 1.29 is 14.3 Å². The first kappa shape index (κ1) is 22.5. The molecule has 1 heterocycles. The van der Waals surface area contributed by atoms with Crippen molar-refractivity contribution in [3.05, 3.63) is 53.6 Å². The van der Waals surface area contributed by atoms with Crippen LogP contribution in [0.3, 0.4) is 0 Å². The van der Waals surface area contributed by atoms with Crippen molar-refractivity contribution in [2.24, 2.45) is 0 Å². The van der Waals surface area contributed by atoms with Crippen molar-refractivity contribution in [2.45, 2.75) is 63.9 Å². The van der Waals surface area contributed by atoms with Crippen LogP contribution in [0.25, 0.3) is 0 Å². The van der Waals surface area contributed by atoms with Crippen LogP contribution in [0.15, 0.2) is 42.5 Å². The third-order valence-electron chi connectivity index (χ3n) is 6.99. The molecule has 2 aromatic rings. The lowest BCUT2D eigenvalue weighted by atomic mass is 9.87. The Kier molecular flexibility index (Phi) is 7.23. The maximum atomic E-state index is 12.1. The van der Waals surface area contributed by atoms with Gasteiger partial charge in [-0.1, -0.05) is 24.3 Å². The van der Waals surface area contributed by atoms with E-state index in [2.05, 4.69) is 46.6 Å². The largest absolute Gasteiger partial charge is 0.494 e. The van der Waals surface area contributed by atoms with Gasteiger partial charge in [0.1, 0.15) is 11.5 Å². The van der Waals surface area contributed by atoms with Crippen LogP contribution in [-0.2, 0) is 4.79 Å². The lowest BCUT2D eigenvalue weighted by Crippen LogP contribution is -2.33. The summed E-state index contributed by atoms with van der Waals surface area (Å²) in [7, 11) is 1.74. The second-order valence-electron chi connectivity index (χ2n) is 9.05. The Balaban J connectivity index is 1.36. The van der Waals surface area contributed by atoms with Gasteiger partial charge in [0.25, 0.3) is 0 Å². The van der Waals surface area contributed by atoms with Crippen molar-refractivity contribution in [1.29, 1.82) is 0 Å². The number of amides is 1. The van der Waals surface area contributed by atoms with Crippen LogP contribution in [0.4, 0.5) is 5.69 Å². The molecule has 1 saturated heterocycles. The second-order valence-corrected chi connectivity index (χ2v) is 9.05. The molecule has 5 nitrogen and oxygen atoms in total. The van der Waals surface area contributed by atoms with E-state index in [0.717, 1.165) is 61.5 Å². The Morgan fingerprint density at radius 1 is 1.09 bits per heavy atom. The zero-order valence-electron chi connectivity index (χ0n) is 19.6. The fourth-order valence-electron chi connectivity index (χ4n) is 4.66. The van der Waals surface area contributed by atoms with E-state index in [4.69, 9.17) is 9.47 Å². The highest BCUT2D eigenvalue weighted by molar-refractivity contribution is 5.83. The molecule has 1 amide bonds. The number of likely N-dealkylation sites (N-methyl/N-ethyl adjacent to an activating group) is 1. The summed E-state index contributed by atoms with van der Waals surface area (Å²) in [4.78, 5) is 14.5. The number of hydrogen-bond acceptors (Lipinski definition) is 4. The lowest BCUT2D eigenvalue weighted by molar-refractivity contribution is -0.122. The number of carbonyl (C=O) groups excluding carboxylic acids is 1. The fraction of sp³-hybridized carbons (Fsp3) is 0.519. The second kappa shape index (κ2) is 10.3. The fourth-order valence-corrected chi connectivity index (χ4v) is 4.66. The number of hydrogen-bond donors (Lipinski definition) is 1. The maximum absolute atomic E-state index is 12.1. The first-order chi connectivity index (χ1) is 15.6. The predicted octanol–water partition coefficient (Wildman–Crippen LogP) is 5.25. The Labute approximate surface area is 192 Å². The molecule has 2 aliphatic rings. The van der Waals surface area contributed by atoms with E-state index in [1.165, 1.54) is 12.0 Å². The van der Waals surface area contributed by atoms with Gasteiger partial charge in [0, 0.05) is 25.7 Å². The molecule has 0 radical (unpaired) electrons. The molecule has 0 aromatic heterocycles. The van der Waals surface area contributed by atoms with E-state index < -0.39 is 0 Å². The number of nitrogens with one attached hydrogen (secondary N) is 1. The molecule has 1 saturated carbocycles. The molecular formula is C27H36N2O3. The van der Waals surface area contributed by atoms with Gasteiger partial charge in [-0.3, -0.25) is 4.79 Å². The zero-order chi connectivity index (χ0) is 22.5. The number of benzene rings is 2. The normalized spacial score (nSPS) is 18.0. The molecule has 32 heavy (non-hydrogen) atoms. The van der Waals surface area contributed by atoms with Crippen molar-refractivity contribution in [3.63, 3.8) is 0 Å². The van der Waals surface area contributed by atoms with Crippen LogP contribution >= 0.6 is 0 Å². The molecule has 1 unspecified atom stereocenters. The number of anilines is 1. The smallest absolute Gasteiger partial charge is 0.227 e. The summed E-state index contributed by atoms with van der Waals surface area (Å²) in [5.74, 6) is 2.32. The summed E-state index contributed by atoms with van der Waals surface area (Å²) in [5.41, 5.74) is 3.59. The number of nitrogens with zero attached hydrogens (tertiary/aromatic N) is 1. The van der Waals surface area contributed by atoms with Gasteiger partial charge in [0.05, 0.1) is 24.8 Å². The van der Waals surface area contributed by atoms with Crippen LogP contribution in [0.5, 0.6) is 11.5 Å². The molecule has 1 atom stereocenters.